The van der Waals surface area contributed by atoms with Gasteiger partial charge in [-0.1, -0.05) is 48.5 Å². The van der Waals surface area contributed by atoms with E-state index < -0.39 is 18.0 Å². The van der Waals surface area contributed by atoms with Crippen molar-refractivity contribution >= 4 is 11.9 Å². The summed E-state index contributed by atoms with van der Waals surface area (Å²) in [4.78, 5) is 24.2. The fourth-order valence-electron chi connectivity index (χ4n) is 2.37. The lowest BCUT2D eigenvalue weighted by atomic mass is 10.1. The molecule has 1 atom stereocenters. The summed E-state index contributed by atoms with van der Waals surface area (Å²) in [6.07, 6.45) is -1.06. The molecule has 0 aromatic heterocycles. The maximum atomic E-state index is 12.1. The summed E-state index contributed by atoms with van der Waals surface area (Å²) >= 11 is 0. The molecule has 3 aromatic carbocycles. The van der Waals surface area contributed by atoms with Gasteiger partial charge in [-0.3, -0.25) is 0 Å². The molecular weight excluding hydrogens is 342 g/mol. The summed E-state index contributed by atoms with van der Waals surface area (Å²) < 4.78 is 10.5. The first-order chi connectivity index (χ1) is 13.2. The van der Waals surface area contributed by atoms with Crippen LogP contribution in [0.3, 0.4) is 0 Å². The Bertz CT molecular complexity index is 961. The second-order valence-corrected chi connectivity index (χ2v) is 5.61. The minimum atomic E-state index is -1.06. The number of hydrogen-bond donors (Lipinski definition) is 0. The van der Waals surface area contributed by atoms with Crippen LogP contribution in [-0.2, 0) is 4.74 Å². The number of nitriles is 1. The van der Waals surface area contributed by atoms with E-state index in [0.717, 1.165) is 0 Å². The molecule has 0 heterocycles. The van der Waals surface area contributed by atoms with E-state index in [0.29, 0.717) is 22.4 Å². The minimum absolute atomic E-state index is 0.332. The van der Waals surface area contributed by atoms with E-state index in [1.54, 1.807) is 78.9 Å². The summed E-state index contributed by atoms with van der Waals surface area (Å²) in [6, 6.07) is 25.3. The minimum Gasteiger partial charge on any atom is -0.438 e. The maximum absolute atomic E-state index is 12.1. The van der Waals surface area contributed by atoms with E-state index in [9.17, 15) is 14.9 Å². The Hall–Kier alpha value is -3.91. The van der Waals surface area contributed by atoms with Crippen molar-refractivity contribution < 1.29 is 19.1 Å². The van der Waals surface area contributed by atoms with Gasteiger partial charge in [0.15, 0.2) is 0 Å². The van der Waals surface area contributed by atoms with Gasteiger partial charge < -0.3 is 9.47 Å². The van der Waals surface area contributed by atoms with E-state index in [4.69, 9.17) is 9.47 Å². The molecule has 0 saturated carbocycles. The Balaban J connectivity index is 1.67. The molecule has 0 spiro atoms. The highest BCUT2D eigenvalue weighted by molar-refractivity contribution is 5.91. The summed E-state index contributed by atoms with van der Waals surface area (Å²) in [6.45, 7) is 0. The number of carbonyl (C=O) groups is 2. The molecule has 0 amide bonds. The van der Waals surface area contributed by atoms with E-state index in [2.05, 4.69) is 0 Å². The number of rotatable bonds is 5. The van der Waals surface area contributed by atoms with Crippen LogP contribution in [0.1, 0.15) is 32.4 Å². The van der Waals surface area contributed by atoms with Gasteiger partial charge in [-0.2, -0.15) is 5.26 Å². The average Bonchev–Trinajstić information content (AvgIpc) is 2.73. The lowest BCUT2D eigenvalue weighted by Gasteiger charge is -2.12. The first-order valence-electron chi connectivity index (χ1n) is 8.20. The van der Waals surface area contributed by atoms with Crippen molar-refractivity contribution in [3.05, 3.63) is 102 Å². The highest BCUT2D eigenvalue weighted by Crippen LogP contribution is 2.22. The SMILES string of the molecule is N#CC(OC(=O)c1ccccc1)c1ccc(OC(=O)c2ccccc2)cc1. The molecule has 5 heteroatoms. The molecule has 0 N–H and O–H groups in total. The van der Waals surface area contributed by atoms with Gasteiger partial charge in [0.2, 0.25) is 6.10 Å². The number of nitrogens with zero attached hydrogens (tertiary/aromatic N) is 1. The first-order valence-corrected chi connectivity index (χ1v) is 8.20. The number of carbonyl (C=O) groups excluding carboxylic acids is 2. The van der Waals surface area contributed by atoms with Gasteiger partial charge in [0, 0.05) is 5.56 Å². The van der Waals surface area contributed by atoms with E-state index in [-0.39, 0.29) is 0 Å². The van der Waals surface area contributed by atoms with Gasteiger partial charge in [-0.05, 0) is 36.4 Å². The Kier molecular flexibility index (Phi) is 5.60. The molecule has 5 nitrogen and oxygen atoms in total. The molecule has 3 aromatic rings. The summed E-state index contributed by atoms with van der Waals surface area (Å²) in [5.74, 6) is -0.726. The zero-order chi connectivity index (χ0) is 19.1. The van der Waals surface area contributed by atoms with E-state index in [1.165, 1.54) is 0 Å². The van der Waals surface area contributed by atoms with Gasteiger partial charge in [-0.15, -0.1) is 0 Å². The normalized spacial score (nSPS) is 11.1. The van der Waals surface area contributed by atoms with Crippen molar-refractivity contribution in [1.82, 2.24) is 0 Å². The lowest BCUT2D eigenvalue weighted by molar-refractivity contribution is 0.0404. The summed E-state index contributed by atoms with van der Waals surface area (Å²) in [5.41, 5.74) is 1.29. The standard InChI is InChI=1S/C22H15NO4/c23-15-20(27-22(25)18-9-5-2-6-10-18)16-11-13-19(14-12-16)26-21(24)17-7-3-1-4-8-17/h1-14,20H. The van der Waals surface area contributed by atoms with Crippen LogP contribution in [0.4, 0.5) is 0 Å². The van der Waals surface area contributed by atoms with Crippen LogP contribution in [0.5, 0.6) is 5.75 Å². The predicted molar refractivity (Wildman–Crippen MR) is 98.1 cm³/mol. The predicted octanol–water partition coefficient (Wildman–Crippen LogP) is 4.33. The number of esters is 2. The smallest absolute Gasteiger partial charge is 0.343 e. The maximum Gasteiger partial charge on any atom is 0.343 e. The molecule has 0 aliphatic heterocycles. The van der Waals surface area contributed by atoms with Crippen molar-refractivity contribution in [3.8, 4) is 11.8 Å². The average molecular weight is 357 g/mol. The van der Waals surface area contributed by atoms with Gasteiger partial charge in [0.25, 0.3) is 0 Å². The molecule has 0 bridgehead atoms. The molecule has 1 unspecified atom stereocenters. The van der Waals surface area contributed by atoms with E-state index in [1.807, 2.05) is 12.1 Å². The fourth-order valence-corrected chi connectivity index (χ4v) is 2.37. The van der Waals surface area contributed by atoms with E-state index >= 15 is 0 Å². The molecule has 27 heavy (non-hydrogen) atoms. The van der Waals surface area contributed by atoms with Crippen molar-refractivity contribution in [2.24, 2.45) is 0 Å². The zero-order valence-corrected chi connectivity index (χ0v) is 14.2. The van der Waals surface area contributed by atoms with Crippen LogP contribution in [0.2, 0.25) is 0 Å². The van der Waals surface area contributed by atoms with Crippen molar-refractivity contribution in [3.63, 3.8) is 0 Å². The Labute approximate surface area is 156 Å². The zero-order valence-electron chi connectivity index (χ0n) is 14.2. The van der Waals surface area contributed by atoms with Crippen LogP contribution in [0.15, 0.2) is 84.9 Å². The summed E-state index contributed by atoms with van der Waals surface area (Å²) in [7, 11) is 0. The third-order valence-corrected chi connectivity index (χ3v) is 3.75. The Morgan fingerprint density at radius 1 is 0.741 bits per heavy atom. The molecular formula is C22H15NO4. The number of benzene rings is 3. The highest BCUT2D eigenvalue weighted by Gasteiger charge is 2.18. The number of ether oxygens (including phenoxy) is 2. The van der Waals surface area contributed by atoms with Crippen molar-refractivity contribution in [1.29, 1.82) is 5.26 Å². The number of hydrogen-bond acceptors (Lipinski definition) is 5. The topological polar surface area (TPSA) is 76.4 Å². The molecule has 3 rings (SSSR count). The fraction of sp³-hybridized carbons (Fsp3) is 0.0455. The second kappa shape index (κ2) is 8.45. The molecule has 0 aliphatic rings. The monoisotopic (exact) mass is 357 g/mol. The summed E-state index contributed by atoms with van der Waals surface area (Å²) in [5, 5.41) is 9.33. The first kappa shape index (κ1) is 17.9. The Morgan fingerprint density at radius 3 is 1.78 bits per heavy atom. The molecule has 0 saturated heterocycles. The highest BCUT2D eigenvalue weighted by atomic mass is 16.5. The van der Waals surface area contributed by atoms with Crippen LogP contribution >= 0.6 is 0 Å². The van der Waals surface area contributed by atoms with Gasteiger partial charge >= 0.3 is 11.9 Å². The van der Waals surface area contributed by atoms with Crippen LogP contribution < -0.4 is 4.74 Å². The molecule has 132 valence electrons. The van der Waals surface area contributed by atoms with Crippen LogP contribution in [0.25, 0.3) is 0 Å². The van der Waals surface area contributed by atoms with Gasteiger partial charge in [-0.25, -0.2) is 9.59 Å². The largest absolute Gasteiger partial charge is 0.438 e. The van der Waals surface area contributed by atoms with Crippen molar-refractivity contribution in [2.75, 3.05) is 0 Å². The Morgan fingerprint density at radius 2 is 1.26 bits per heavy atom. The molecule has 0 aliphatic carbocycles. The van der Waals surface area contributed by atoms with Gasteiger partial charge in [0.05, 0.1) is 11.1 Å². The third-order valence-electron chi connectivity index (χ3n) is 3.75. The molecule has 0 fully saturated rings. The quantitative estimate of drug-likeness (QED) is 0.502. The van der Waals surface area contributed by atoms with Crippen molar-refractivity contribution in [2.45, 2.75) is 6.10 Å². The van der Waals surface area contributed by atoms with Crippen LogP contribution in [-0.4, -0.2) is 11.9 Å². The third kappa shape index (κ3) is 4.59. The van der Waals surface area contributed by atoms with Crippen LogP contribution in [0, 0.1) is 11.3 Å². The second-order valence-electron chi connectivity index (χ2n) is 5.61. The van der Waals surface area contributed by atoms with Gasteiger partial charge in [0.1, 0.15) is 11.8 Å². The lowest BCUT2D eigenvalue weighted by Crippen LogP contribution is -2.11. The molecule has 0 radical (unpaired) electrons.